The molecule has 0 spiro atoms. The van der Waals surface area contributed by atoms with Crippen molar-refractivity contribution in [2.24, 2.45) is 10.9 Å². The first-order valence-corrected chi connectivity index (χ1v) is 8.48. The highest BCUT2D eigenvalue weighted by Crippen LogP contribution is 2.09. The normalized spacial score (nSPS) is 13.0. The number of carbonyl (C=O) groups excluding carboxylic acids is 1. The van der Waals surface area contributed by atoms with E-state index in [-0.39, 0.29) is 0 Å². The largest absolute Gasteiger partial charge is 0.444 e. The average Bonchev–Trinajstić information content (AvgIpc) is 2.38. The van der Waals surface area contributed by atoms with Gasteiger partial charge in [-0.15, -0.1) is 0 Å². The minimum atomic E-state index is -0.513. The number of nitrogens with one attached hydrogen (secondary N) is 3. The Morgan fingerprint density at radius 3 is 2.25 bits per heavy atom. The van der Waals surface area contributed by atoms with E-state index < -0.39 is 17.2 Å². The number of hydrogen-bond donors (Lipinski definition) is 3. The lowest BCUT2D eigenvalue weighted by Gasteiger charge is -2.29. The van der Waals surface area contributed by atoms with E-state index in [0.29, 0.717) is 31.6 Å². The van der Waals surface area contributed by atoms with E-state index in [1.54, 1.807) is 7.05 Å². The molecule has 0 bridgehead atoms. The number of amides is 1. The van der Waals surface area contributed by atoms with Crippen molar-refractivity contribution in [1.29, 1.82) is 0 Å². The summed E-state index contributed by atoms with van der Waals surface area (Å²) in [7, 11) is 1.71. The summed E-state index contributed by atoms with van der Waals surface area (Å²) in [6.07, 6.45) is -0.431. The molecule has 1 amide bonds. The van der Waals surface area contributed by atoms with Crippen LogP contribution in [0.5, 0.6) is 0 Å². The molecule has 0 aliphatic carbocycles. The van der Waals surface area contributed by atoms with Crippen LogP contribution in [0.15, 0.2) is 4.99 Å². The molecule has 0 atom stereocenters. The molecule has 24 heavy (non-hydrogen) atoms. The van der Waals surface area contributed by atoms with E-state index in [2.05, 4.69) is 34.8 Å². The van der Waals surface area contributed by atoms with Gasteiger partial charge in [0.05, 0.1) is 12.1 Å². The van der Waals surface area contributed by atoms with Gasteiger partial charge in [0.25, 0.3) is 0 Å². The van der Waals surface area contributed by atoms with Crippen molar-refractivity contribution in [1.82, 2.24) is 16.0 Å². The van der Waals surface area contributed by atoms with E-state index in [4.69, 9.17) is 9.47 Å². The van der Waals surface area contributed by atoms with Crippen LogP contribution in [-0.2, 0) is 9.47 Å². The molecule has 0 aromatic heterocycles. The Hall–Kier alpha value is -1.50. The van der Waals surface area contributed by atoms with Gasteiger partial charge in [-0.1, -0.05) is 13.8 Å². The second kappa shape index (κ2) is 10.4. The summed E-state index contributed by atoms with van der Waals surface area (Å²) in [6, 6.07) is 0. The van der Waals surface area contributed by atoms with Gasteiger partial charge >= 0.3 is 6.09 Å². The van der Waals surface area contributed by atoms with E-state index in [9.17, 15) is 4.79 Å². The maximum absolute atomic E-state index is 11.9. The van der Waals surface area contributed by atoms with Crippen LogP contribution in [0.3, 0.4) is 0 Å². The predicted molar refractivity (Wildman–Crippen MR) is 98.5 cm³/mol. The number of nitrogens with zero attached hydrogens (tertiary/aromatic N) is 1. The van der Waals surface area contributed by atoms with Gasteiger partial charge in [0.1, 0.15) is 5.60 Å². The maximum atomic E-state index is 11.9. The Balaban J connectivity index is 4.15. The van der Waals surface area contributed by atoms with Gasteiger partial charge in [0, 0.05) is 26.7 Å². The minimum absolute atomic E-state index is 0.431. The fraction of sp³-hybridized carbons (Fsp3) is 0.882. The summed E-state index contributed by atoms with van der Waals surface area (Å²) in [4.78, 5) is 16.0. The summed E-state index contributed by atoms with van der Waals surface area (Å²) in [6.45, 7) is 16.2. The zero-order valence-electron chi connectivity index (χ0n) is 16.6. The van der Waals surface area contributed by atoms with Crippen LogP contribution >= 0.6 is 0 Å². The topological polar surface area (TPSA) is 84.0 Å². The molecule has 0 rings (SSSR count). The number of ether oxygens (including phenoxy) is 2. The third-order valence-corrected chi connectivity index (χ3v) is 2.75. The number of carbonyl (C=O) groups is 1. The van der Waals surface area contributed by atoms with E-state index in [0.717, 1.165) is 6.61 Å². The average molecular weight is 345 g/mol. The molecule has 7 nitrogen and oxygen atoms in total. The SMILES string of the molecule is CN=C(NCCOCC(C)C)NCC(C)(C)NC(=O)OC(C)(C)C. The van der Waals surface area contributed by atoms with Crippen LogP contribution in [0.4, 0.5) is 4.79 Å². The Bertz CT molecular complexity index is 401. The van der Waals surface area contributed by atoms with Crippen LogP contribution in [0.1, 0.15) is 48.5 Å². The molecular formula is C17H36N4O3. The molecule has 7 heteroatoms. The van der Waals surface area contributed by atoms with E-state index >= 15 is 0 Å². The molecule has 0 heterocycles. The van der Waals surface area contributed by atoms with Gasteiger partial charge in [-0.05, 0) is 40.5 Å². The van der Waals surface area contributed by atoms with Gasteiger partial charge in [0.15, 0.2) is 5.96 Å². The Labute approximate surface area is 147 Å². The molecule has 0 aliphatic heterocycles. The van der Waals surface area contributed by atoms with Crippen LogP contribution in [0.25, 0.3) is 0 Å². The lowest BCUT2D eigenvalue weighted by atomic mass is 10.1. The monoisotopic (exact) mass is 344 g/mol. The fourth-order valence-electron chi connectivity index (χ4n) is 1.71. The Morgan fingerprint density at radius 1 is 1.12 bits per heavy atom. The summed E-state index contributed by atoms with van der Waals surface area (Å²) in [5.41, 5.74) is -0.991. The number of aliphatic imine (C=N–C) groups is 1. The highest BCUT2D eigenvalue weighted by atomic mass is 16.6. The molecule has 0 radical (unpaired) electrons. The molecule has 0 aliphatic rings. The van der Waals surface area contributed by atoms with Crippen molar-refractivity contribution in [3.63, 3.8) is 0 Å². The molecule has 0 aromatic carbocycles. The summed E-state index contributed by atoms with van der Waals surface area (Å²) >= 11 is 0. The summed E-state index contributed by atoms with van der Waals surface area (Å²) in [5.74, 6) is 1.20. The number of hydrogen-bond acceptors (Lipinski definition) is 4. The van der Waals surface area contributed by atoms with Crippen LogP contribution in [0, 0.1) is 5.92 Å². The fourth-order valence-corrected chi connectivity index (χ4v) is 1.71. The van der Waals surface area contributed by atoms with Crippen molar-refractivity contribution in [2.75, 3.05) is 33.4 Å². The first kappa shape index (κ1) is 22.5. The van der Waals surface area contributed by atoms with E-state index in [1.165, 1.54) is 0 Å². The maximum Gasteiger partial charge on any atom is 0.408 e. The number of rotatable bonds is 8. The third-order valence-electron chi connectivity index (χ3n) is 2.75. The first-order valence-electron chi connectivity index (χ1n) is 8.48. The summed E-state index contributed by atoms with van der Waals surface area (Å²) in [5, 5.41) is 9.22. The standard InChI is InChI=1S/C17H36N4O3/c1-13(2)11-23-10-9-19-14(18-8)20-12-17(6,7)21-15(22)24-16(3,4)5/h13H,9-12H2,1-8H3,(H,21,22)(H2,18,19,20). The predicted octanol–water partition coefficient (Wildman–Crippen LogP) is 2.13. The molecule has 0 saturated carbocycles. The van der Waals surface area contributed by atoms with Gasteiger partial charge in [0.2, 0.25) is 0 Å². The minimum Gasteiger partial charge on any atom is -0.444 e. The highest BCUT2D eigenvalue weighted by molar-refractivity contribution is 5.79. The molecule has 3 N–H and O–H groups in total. The Kier molecular flexibility index (Phi) is 9.73. The Morgan fingerprint density at radius 2 is 1.75 bits per heavy atom. The van der Waals surface area contributed by atoms with Crippen LogP contribution in [0.2, 0.25) is 0 Å². The number of alkyl carbamates (subject to hydrolysis) is 1. The van der Waals surface area contributed by atoms with Crippen molar-refractivity contribution < 1.29 is 14.3 Å². The smallest absolute Gasteiger partial charge is 0.408 e. The molecule has 142 valence electrons. The molecule has 0 fully saturated rings. The zero-order chi connectivity index (χ0) is 18.8. The number of guanidine groups is 1. The van der Waals surface area contributed by atoms with E-state index in [1.807, 2.05) is 34.6 Å². The quantitative estimate of drug-likeness (QED) is 0.357. The van der Waals surface area contributed by atoms with Crippen molar-refractivity contribution in [2.45, 2.75) is 59.6 Å². The van der Waals surface area contributed by atoms with Crippen molar-refractivity contribution >= 4 is 12.1 Å². The molecule has 0 unspecified atom stereocenters. The van der Waals surface area contributed by atoms with Crippen molar-refractivity contribution in [3.05, 3.63) is 0 Å². The molecule has 0 aromatic rings. The lowest BCUT2D eigenvalue weighted by molar-refractivity contribution is 0.0474. The zero-order valence-corrected chi connectivity index (χ0v) is 16.6. The highest BCUT2D eigenvalue weighted by Gasteiger charge is 2.24. The van der Waals surface area contributed by atoms with Gasteiger partial charge in [-0.2, -0.15) is 0 Å². The second-order valence-electron chi connectivity index (χ2n) is 7.83. The summed E-state index contributed by atoms with van der Waals surface area (Å²) < 4.78 is 10.8. The first-order chi connectivity index (χ1) is 10.9. The molecular weight excluding hydrogens is 308 g/mol. The van der Waals surface area contributed by atoms with Crippen LogP contribution in [-0.4, -0.2) is 56.5 Å². The lowest BCUT2D eigenvalue weighted by Crippen LogP contribution is -2.54. The van der Waals surface area contributed by atoms with Crippen LogP contribution < -0.4 is 16.0 Å². The third kappa shape index (κ3) is 13.0. The van der Waals surface area contributed by atoms with Gasteiger partial charge < -0.3 is 25.4 Å². The second-order valence-corrected chi connectivity index (χ2v) is 7.83. The van der Waals surface area contributed by atoms with Crippen molar-refractivity contribution in [3.8, 4) is 0 Å². The van der Waals surface area contributed by atoms with Gasteiger partial charge in [-0.3, -0.25) is 4.99 Å². The van der Waals surface area contributed by atoms with Gasteiger partial charge in [-0.25, -0.2) is 4.79 Å². The molecule has 0 saturated heterocycles.